The summed E-state index contributed by atoms with van der Waals surface area (Å²) < 4.78 is 80.4. The minimum atomic E-state index is -4.59. The molecule has 0 saturated carbocycles. The lowest BCUT2D eigenvalue weighted by Crippen LogP contribution is -2.33. The van der Waals surface area contributed by atoms with Gasteiger partial charge in [-0.05, 0) is 57.9 Å². The smallest absolute Gasteiger partial charge is 0.278 e. The van der Waals surface area contributed by atoms with E-state index in [1.54, 1.807) is 6.07 Å². The fourth-order valence-electron chi connectivity index (χ4n) is 3.22. The first kappa shape index (κ1) is 20.6. The quantitative estimate of drug-likeness (QED) is 0.508. The highest BCUT2D eigenvalue weighted by Gasteiger charge is 2.37. The number of aromatic amines is 1. The van der Waals surface area contributed by atoms with E-state index in [1.165, 1.54) is 30.6 Å². The normalized spacial score (nSPS) is 16.6. The van der Waals surface area contributed by atoms with Crippen molar-refractivity contribution in [3.05, 3.63) is 87.5 Å². The molecule has 2 heterocycles. The van der Waals surface area contributed by atoms with Gasteiger partial charge in [-0.2, -0.15) is 18.3 Å². The number of hydrogen-bond donors (Lipinski definition) is 1. The standard InChI is InChI=1S/C19H12BrF4N3O2S/c20-17-13(2-1-3-15(17)21)18-14-10-25-26-16(14)8-9-27(18)30(28,29)12-6-4-11(5-7-12)19(22,23)24/h1-10,18H,(H,25,26). The molecule has 0 fully saturated rings. The van der Waals surface area contributed by atoms with Gasteiger partial charge in [-0.1, -0.05) is 12.1 Å². The Labute approximate surface area is 177 Å². The topological polar surface area (TPSA) is 66.1 Å². The summed E-state index contributed by atoms with van der Waals surface area (Å²) in [4.78, 5) is -0.329. The molecule has 1 aliphatic rings. The van der Waals surface area contributed by atoms with Gasteiger partial charge in [0.25, 0.3) is 10.0 Å². The van der Waals surface area contributed by atoms with Crippen molar-refractivity contribution < 1.29 is 26.0 Å². The number of nitrogens with zero attached hydrogens (tertiary/aromatic N) is 2. The first-order valence-electron chi connectivity index (χ1n) is 8.47. The summed E-state index contributed by atoms with van der Waals surface area (Å²) in [6.07, 6.45) is -0.409. The number of rotatable bonds is 3. The fourth-order valence-corrected chi connectivity index (χ4v) is 5.15. The Balaban J connectivity index is 1.84. The number of alkyl halides is 3. The van der Waals surface area contributed by atoms with Crippen LogP contribution in [0.1, 0.15) is 28.4 Å². The van der Waals surface area contributed by atoms with Gasteiger partial charge in [-0.3, -0.25) is 9.40 Å². The lowest BCUT2D eigenvalue weighted by atomic mass is 9.97. The molecule has 0 aliphatic carbocycles. The Morgan fingerprint density at radius 2 is 1.77 bits per heavy atom. The predicted molar refractivity (Wildman–Crippen MR) is 104 cm³/mol. The second kappa shape index (κ2) is 7.24. The zero-order valence-electron chi connectivity index (χ0n) is 14.9. The van der Waals surface area contributed by atoms with Crippen LogP contribution in [0.2, 0.25) is 0 Å². The highest BCUT2D eigenvalue weighted by atomic mass is 79.9. The first-order chi connectivity index (χ1) is 14.1. The summed E-state index contributed by atoms with van der Waals surface area (Å²) in [7, 11) is -4.28. The van der Waals surface area contributed by atoms with E-state index in [9.17, 15) is 26.0 Å². The number of aromatic nitrogens is 2. The molecule has 11 heteroatoms. The van der Waals surface area contributed by atoms with Crippen LogP contribution in [-0.2, 0) is 16.2 Å². The average molecular weight is 502 g/mol. The van der Waals surface area contributed by atoms with Crippen molar-refractivity contribution in [2.75, 3.05) is 0 Å². The van der Waals surface area contributed by atoms with E-state index < -0.39 is 33.6 Å². The van der Waals surface area contributed by atoms with Crippen molar-refractivity contribution in [3.8, 4) is 0 Å². The monoisotopic (exact) mass is 501 g/mol. The molecule has 1 atom stereocenters. The van der Waals surface area contributed by atoms with E-state index in [2.05, 4.69) is 26.1 Å². The Morgan fingerprint density at radius 3 is 2.43 bits per heavy atom. The Bertz CT molecular complexity index is 1240. The average Bonchev–Trinajstić information content (AvgIpc) is 3.18. The summed E-state index contributed by atoms with van der Waals surface area (Å²) in [5.41, 5.74) is 0.365. The molecule has 0 amide bonds. The number of H-pyrrole nitrogens is 1. The molecule has 5 nitrogen and oxygen atoms in total. The maximum atomic E-state index is 14.2. The molecular weight excluding hydrogens is 490 g/mol. The third-order valence-corrected chi connectivity index (χ3v) is 7.26. The van der Waals surface area contributed by atoms with Crippen LogP contribution in [0.15, 0.2) is 64.2 Å². The summed E-state index contributed by atoms with van der Waals surface area (Å²) >= 11 is 3.16. The Morgan fingerprint density at radius 1 is 1.07 bits per heavy atom. The molecule has 4 rings (SSSR count). The van der Waals surface area contributed by atoms with Crippen LogP contribution >= 0.6 is 15.9 Å². The number of sulfonamides is 1. The number of benzene rings is 2. The number of fused-ring (bicyclic) bond motifs is 1. The van der Waals surface area contributed by atoms with Gasteiger partial charge in [0.2, 0.25) is 0 Å². The van der Waals surface area contributed by atoms with Crippen molar-refractivity contribution in [3.63, 3.8) is 0 Å². The van der Waals surface area contributed by atoms with Gasteiger partial charge in [0.1, 0.15) is 5.82 Å². The van der Waals surface area contributed by atoms with Gasteiger partial charge in [-0.25, -0.2) is 12.8 Å². The van der Waals surface area contributed by atoms with Crippen molar-refractivity contribution in [2.45, 2.75) is 17.1 Å². The molecule has 1 unspecified atom stereocenters. The SMILES string of the molecule is O=S(=O)(c1ccc(C(F)(F)F)cc1)N1C=Cc2[nH]ncc2C1c1cccc(F)c1Br. The second-order valence-corrected chi connectivity index (χ2v) is 9.09. The fraction of sp³-hybridized carbons (Fsp3) is 0.105. The van der Waals surface area contributed by atoms with E-state index in [0.717, 1.165) is 16.4 Å². The van der Waals surface area contributed by atoms with E-state index in [-0.39, 0.29) is 9.37 Å². The lowest BCUT2D eigenvalue weighted by Gasteiger charge is -2.33. The first-order valence-corrected chi connectivity index (χ1v) is 10.7. The molecule has 1 aliphatic heterocycles. The molecule has 2 aromatic carbocycles. The number of hydrogen-bond acceptors (Lipinski definition) is 3. The minimum Gasteiger partial charge on any atom is -0.278 e. The van der Waals surface area contributed by atoms with E-state index in [1.807, 2.05) is 0 Å². The second-order valence-electron chi connectivity index (χ2n) is 6.46. The molecule has 3 aromatic rings. The van der Waals surface area contributed by atoms with Crippen LogP contribution in [0.5, 0.6) is 0 Å². The Hall–Kier alpha value is -2.66. The van der Waals surface area contributed by atoms with E-state index in [4.69, 9.17) is 0 Å². The lowest BCUT2D eigenvalue weighted by molar-refractivity contribution is -0.137. The molecule has 1 aromatic heterocycles. The third kappa shape index (κ3) is 3.41. The summed E-state index contributed by atoms with van der Waals surface area (Å²) in [6, 6.07) is 6.44. The van der Waals surface area contributed by atoms with Gasteiger partial charge in [0.05, 0.1) is 32.9 Å². The molecule has 156 valence electrons. The van der Waals surface area contributed by atoms with Gasteiger partial charge in [0, 0.05) is 11.8 Å². The molecule has 0 spiro atoms. The van der Waals surface area contributed by atoms with Crippen molar-refractivity contribution in [1.29, 1.82) is 0 Å². The molecule has 1 N–H and O–H groups in total. The van der Waals surface area contributed by atoms with Crippen LogP contribution in [-0.4, -0.2) is 22.9 Å². The Kier molecular flexibility index (Phi) is 4.97. The van der Waals surface area contributed by atoms with Crippen molar-refractivity contribution >= 4 is 32.0 Å². The number of nitrogens with one attached hydrogen (secondary N) is 1. The van der Waals surface area contributed by atoms with Gasteiger partial charge < -0.3 is 0 Å². The van der Waals surface area contributed by atoms with Crippen LogP contribution in [0.4, 0.5) is 17.6 Å². The predicted octanol–water partition coefficient (Wildman–Crippen LogP) is 5.09. The molecular formula is C19H12BrF4N3O2S. The zero-order valence-corrected chi connectivity index (χ0v) is 17.3. The highest BCUT2D eigenvalue weighted by molar-refractivity contribution is 9.10. The molecule has 0 bridgehead atoms. The summed E-state index contributed by atoms with van der Waals surface area (Å²) in [6.45, 7) is 0. The van der Waals surface area contributed by atoms with Crippen molar-refractivity contribution in [2.24, 2.45) is 0 Å². The maximum Gasteiger partial charge on any atom is 0.416 e. The maximum absolute atomic E-state index is 14.2. The van der Waals surface area contributed by atoms with Gasteiger partial charge >= 0.3 is 6.18 Å². The minimum absolute atomic E-state index is 0.0741. The largest absolute Gasteiger partial charge is 0.416 e. The van der Waals surface area contributed by atoms with Crippen LogP contribution < -0.4 is 0 Å². The van der Waals surface area contributed by atoms with Crippen molar-refractivity contribution in [1.82, 2.24) is 14.5 Å². The van der Waals surface area contributed by atoms with E-state index >= 15 is 0 Å². The summed E-state index contributed by atoms with van der Waals surface area (Å²) in [5, 5.41) is 6.66. The molecule has 0 saturated heterocycles. The molecule has 30 heavy (non-hydrogen) atoms. The van der Waals surface area contributed by atoms with Gasteiger partial charge in [0.15, 0.2) is 0 Å². The highest BCUT2D eigenvalue weighted by Crippen LogP contribution is 2.41. The van der Waals surface area contributed by atoms with Crippen LogP contribution in [0.3, 0.4) is 0 Å². The molecule has 0 radical (unpaired) electrons. The summed E-state index contributed by atoms with van der Waals surface area (Å²) in [5.74, 6) is -0.584. The van der Waals surface area contributed by atoms with Gasteiger partial charge in [-0.15, -0.1) is 0 Å². The third-order valence-electron chi connectivity index (χ3n) is 4.67. The van der Waals surface area contributed by atoms with E-state index in [0.29, 0.717) is 29.0 Å². The van der Waals surface area contributed by atoms with Crippen LogP contribution in [0.25, 0.3) is 6.08 Å². The van der Waals surface area contributed by atoms with Crippen LogP contribution in [0, 0.1) is 5.82 Å². The number of halogens is 5. The zero-order chi connectivity index (χ0) is 21.7.